The van der Waals surface area contributed by atoms with Crippen LogP contribution in [0.2, 0.25) is 5.02 Å². The normalized spacial score (nSPS) is 18.8. The maximum atomic E-state index is 13.2. The van der Waals surface area contributed by atoms with Gasteiger partial charge in [-0.05, 0) is 68.3 Å². The molecule has 1 atom stereocenters. The van der Waals surface area contributed by atoms with Gasteiger partial charge in [0.25, 0.3) is 5.91 Å². The van der Waals surface area contributed by atoms with E-state index in [0.717, 1.165) is 24.2 Å². The molecule has 1 N–H and O–H groups in total. The molecule has 154 valence electrons. The molecule has 0 spiro atoms. The second kappa shape index (κ2) is 8.36. The summed E-state index contributed by atoms with van der Waals surface area (Å²) in [5.41, 5.74) is 1.48. The van der Waals surface area contributed by atoms with Crippen LogP contribution in [0.15, 0.2) is 71.3 Å². The van der Waals surface area contributed by atoms with Crippen LogP contribution in [0.4, 0.5) is 5.69 Å². The molecule has 1 unspecified atom stereocenters. The lowest BCUT2D eigenvalue weighted by atomic mass is 9.80. The van der Waals surface area contributed by atoms with Crippen molar-refractivity contribution in [3.63, 3.8) is 0 Å². The number of rotatable bonds is 4. The molecule has 1 aliphatic heterocycles. The van der Waals surface area contributed by atoms with E-state index in [9.17, 15) is 9.59 Å². The highest BCUT2D eigenvalue weighted by Crippen LogP contribution is 2.32. The first kappa shape index (κ1) is 20.2. The molecule has 5 nitrogen and oxygen atoms in total. The number of nitrogens with one attached hydrogen (secondary N) is 1. The van der Waals surface area contributed by atoms with Crippen molar-refractivity contribution in [2.45, 2.75) is 19.8 Å². The third-order valence-electron chi connectivity index (χ3n) is 5.55. The maximum Gasteiger partial charge on any atom is 0.253 e. The number of amides is 2. The Labute approximate surface area is 180 Å². The fourth-order valence-electron chi connectivity index (χ4n) is 3.84. The fourth-order valence-corrected chi connectivity index (χ4v) is 3.97. The van der Waals surface area contributed by atoms with Crippen molar-refractivity contribution in [2.24, 2.45) is 5.41 Å². The van der Waals surface area contributed by atoms with Crippen molar-refractivity contribution in [3.05, 3.63) is 77.5 Å². The monoisotopic (exact) mass is 422 g/mol. The third-order valence-corrected chi connectivity index (χ3v) is 5.80. The topological polar surface area (TPSA) is 62.6 Å². The minimum atomic E-state index is -0.661. The van der Waals surface area contributed by atoms with Crippen LogP contribution in [-0.2, 0) is 4.79 Å². The Morgan fingerprint density at radius 3 is 2.63 bits per heavy atom. The van der Waals surface area contributed by atoms with Gasteiger partial charge in [-0.15, -0.1) is 0 Å². The van der Waals surface area contributed by atoms with Crippen molar-refractivity contribution in [3.8, 4) is 11.3 Å². The molecule has 3 aromatic rings. The molecule has 1 aliphatic rings. The first-order valence-electron chi connectivity index (χ1n) is 9.95. The van der Waals surface area contributed by atoms with Crippen molar-refractivity contribution in [1.82, 2.24) is 4.90 Å². The minimum absolute atomic E-state index is 0.0753. The van der Waals surface area contributed by atoms with E-state index in [1.54, 1.807) is 41.5 Å². The Balaban J connectivity index is 1.49. The maximum absolute atomic E-state index is 13.2. The zero-order valence-electron chi connectivity index (χ0n) is 16.7. The second-order valence-corrected chi connectivity index (χ2v) is 8.35. The van der Waals surface area contributed by atoms with E-state index >= 15 is 0 Å². The van der Waals surface area contributed by atoms with Gasteiger partial charge in [0.1, 0.15) is 5.76 Å². The van der Waals surface area contributed by atoms with Crippen LogP contribution in [0, 0.1) is 5.41 Å². The average molecular weight is 423 g/mol. The van der Waals surface area contributed by atoms with Crippen molar-refractivity contribution in [1.29, 1.82) is 0 Å². The number of furan rings is 1. The Bertz CT molecular complexity index is 1050. The smallest absolute Gasteiger partial charge is 0.253 e. The van der Waals surface area contributed by atoms with E-state index < -0.39 is 5.41 Å². The van der Waals surface area contributed by atoms with Crippen LogP contribution in [0.5, 0.6) is 0 Å². The molecule has 0 aliphatic carbocycles. The molecule has 2 amide bonds. The van der Waals surface area contributed by atoms with Crippen molar-refractivity contribution < 1.29 is 14.0 Å². The van der Waals surface area contributed by atoms with Gasteiger partial charge in [-0.25, -0.2) is 0 Å². The summed E-state index contributed by atoms with van der Waals surface area (Å²) >= 11 is 5.92. The largest absolute Gasteiger partial charge is 0.464 e. The number of halogens is 1. The molecule has 30 heavy (non-hydrogen) atoms. The highest BCUT2D eigenvalue weighted by atomic mass is 35.5. The predicted octanol–water partition coefficient (Wildman–Crippen LogP) is 5.48. The summed E-state index contributed by atoms with van der Waals surface area (Å²) in [5, 5.41) is 3.57. The number of hydrogen-bond acceptors (Lipinski definition) is 3. The number of hydrogen-bond donors (Lipinski definition) is 1. The van der Waals surface area contributed by atoms with E-state index in [4.69, 9.17) is 16.0 Å². The van der Waals surface area contributed by atoms with E-state index in [0.29, 0.717) is 29.4 Å². The van der Waals surface area contributed by atoms with Crippen LogP contribution < -0.4 is 5.32 Å². The standard InChI is InChI=1S/C24H23ClN2O3/c1-24(23(29)26-20-10-8-19(25)9-11-20)12-4-13-27(16-24)22(28)18-6-2-5-17(15-18)21-7-3-14-30-21/h2-3,5-11,14-15H,4,12-13,16H2,1H3,(H,26,29). The summed E-state index contributed by atoms with van der Waals surface area (Å²) in [6.45, 7) is 2.92. The summed E-state index contributed by atoms with van der Waals surface area (Å²) in [6.07, 6.45) is 3.11. The summed E-state index contributed by atoms with van der Waals surface area (Å²) in [4.78, 5) is 27.9. The molecule has 0 radical (unpaired) electrons. The lowest BCUT2D eigenvalue weighted by Crippen LogP contribution is -2.50. The molecule has 1 saturated heterocycles. The summed E-state index contributed by atoms with van der Waals surface area (Å²) < 4.78 is 5.44. The van der Waals surface area contributed by atoms with Gasteiger partial charge in [0.05, 0.1) is 11.7 Å². The molecule has 1 aromatic heterocycles. The zero-order chi connectivity index (χ0) is 21.1. The molecule has 2 heterocycles. The highest BCUT2D eigenvalue weighted by Gasteiger charge is 2.39. The predicted molar refractivity (Wildman–Crippen MR) is 117 cm³/mol. The van der Waals surface area contributed by atoms with Crippen LogP contribution >= 0.6 is 11.6 Å². The lowest BCUT2D eigenvalue weighted by molar-refractivity contribution is -0.127. The molecular formula is C24H23ClN2O3. The average Bonchev–Trinajstić information content (AvgIpc) is 3.30. The molecular weight excluding hydrogens is 400 g/mol. The molecule has 1 fully saturated rings. The number of nitrogens with zero attached hydrogens (tertiary/aromatic N) is 1. The first-order valence-corrected chi connectivity index (χ1v) is 10.3. The van der Waals surface area contributed by atoms with Gasteiger partial charge in [-0.3, -0.25) is 9.59 Å². The number of benzene rings is 2. The SMILES string of the molecule is CC1(C(=O)Nc2ccc(Cl)cc2)CCCN(C(=O)c2cccc(-c3ccco3)c2)C1. The molecule has 0 saturated carbocycles. The summed E-state index contributed by atoms with van der Waals surface area (Å²) in [6, 6.07) is 18.1. The number of carbonyl (C=O) groups is 2. The van der Waals surface area contributed by atoms with Crippen LogP contribution in [0.25, 0.3) is 11.3 Å². The molecule has 6 heteroatoms. The zero-order valence-corrected chi connectivity index (χ0v) is 17.5. The molecule has 4 rings (SSSR count). The summed E-state index contributed by atoms with van der Waals surface area (Å²) in [5.74, 6) is 0.552. The van der Waals surface area contributed by atoms with Gasteiger partial charge >= 0.3 is 0 Å². The Hall–Kier alpha value is -3.05. The fraction of sp³-hybridized carbons (Fsp3) is 0.250. The lowest BCUT2D eigenvalue weighted by Gasteiger charge is -2.39. The highest BCUT2D eigenvalue weighted by molar-refractivity contribution is 6.30. The van der Waals surface area contributed by atoms with Gasteiger partial charge < -0.3 is 14.6 Å². The first-order chi connectivity index (χ1) is 14.4. The Morgan fingerprint density at radius 2 is 1.90 bits per heavy atom. The Kier molecular flexibility index (Phi) is 5.64. The van der Waals surface area contributed by atoms with Gasteiger partial charge in [0.2, 0.25) is 5.91 Å². The van der Waals surface area contributed by atoms with Crippen molar-refractivity contribution >= 4 is 29.1 Å². The molecule has 0 bridgehead atoms. The van der Waals surface area contributed by atoms with Gasteiger partial charge in [0.15, 0.2) is 0 Å². The van der Waals surface area contributed by atoms with Gasteiger partial charge in [-0.2, -0.15) is 0 Å². The number of carbonyl (C=O) groups excluding carboxylic acids is 2. The van der Waals surface area contributed by atoms with Crippen LogP contribution in [0.3, 0.4) is 0 Å². The van der Waals surface area contributed by atoms with E-state index in [-0.39, 0.29) is 11.8 Å². The molecule has 2 aromatic carbocycles. The number of piperidine rings is 1. The number of likely N-dealkylation sites (tertiary alicyclic amines) is 1. The van der Waals surface area contributed by atoms with Gasteiger partial charge in [0, 0.05) is 34.9 Å². The van der Waals surface area contributed by atoms with Crippen molar-refractivity contribution in [2.75, 3.05) is 18.4 Å². The van der Waals surface area contributed by atoms with E-state index in [1.165, 1.54) is 0 Å². The minimum Gasteiger partial charge on any atom is -0.464 e. The van der Waals surface area contributed by atoms with E-state index in [1.807, 2.05) is 37.3 Å². The third kappa shape index (κ3) is 4.26. The van der Waals surface area contributed by atoms with Gasteiger partial charge in [-0.1, -0.05) is 23.7 Å². The summed E-state index contributed by atoms with van der Waals surface area (Å²) in [7, 11) is 0. The number of anilines is 1. The quantitative estimate of drug-likeness (QED) is 0.605. The van der Waals surface area contributed by atoms with Crippen LogP contribution in [-0.4, -0.2) is 29.8 Å². The van der Waals surface area contributed by atoms with E-state index in [2.05, 4.69) is 5.32 Å². The van der Waals surface area contributed by atoms with Crippen LogP contribution in [0.1, 0.15) is 30.1 Å². The Morgan fingerprint density at radius 1 is 1.10 bits per heavy atom. The second-order valence-electron chi connectivity index (χ2n) is 7.91.